The van der Waals surface area contributed by atoms with E-state index in [0.717, 1.165) is 11.1 Å². The summed E-state index contributed by atoms with van der Waals surface area (Å²) in [5.41, 5.74) is 4.63. The van der Waals surface area contributed by atoms with E-state index >= 15 is 0 Å². The third kappa shape index (κ3) is 3.06. The van der Waals surface area contributed by atoms with Gasteiger partial charge in [-0.05, 0) is 34.4 Å². The summed E-state index contributed by atoms with van der Waals surface area (Å²) in [5, 5.41) is 8.95. The molecule has 0 unspecified atom stereocenters. The third-order valence-electron chi connectivity index (χ3n) is 6.97. The van der Waals surface area contributed by atoms with Gasteiger partial charge in [0.05, 0.1) is 5.52 Å². The summed E-state index contributed by atoms with van der Waals surface area (Å²) in [7, 11) is 0. The fourth-order valence-electron chi connectivity index (χ4n) is 5.43. The minimum absolute atomic E-state index is 0. The molecule has 0 aliphatic rings. The van der Waals surface area contributed by atoms with Crippen LogP contribution in [0.15, 0.2) is 103 Å². The summed E-state index contributed by atoms with van der Waals surface area (Å²) in [5.74, 6) is 0. The van der Waals surface area contributed by atoms with Gasteiger partial charge in [0, 0.05) is 31.9 Å². The van der Waals surface area contributed by atoms with Gasteiger partial charge >= 0.3 is 31.1 Å². The smallest absolute Gasteiger partial charge is 0.323 e. The molecule has 3 heteroatoms. The third-order valence-corrected chi connectivity index (χ3v) is 8.11. The average Bonchev–Trinajstić information content (AvgIpc) is 3.46. The Balaban J connectivity index is 0.00000210. The van der Waals surface area contributed by atoms with Crippen LogP contribution in [0.1, 0.15) is 0 Å². The molecule has 3 aromatic heterocycles. The number of nitrogens with zero attached hydrogens (tertiary/aromatic N) is 1. The predicted octanol–water partition coefficient (Wildman–Crippen LogP) is 9.03. The van der Waals surface area contributed by atoms with E-state index in [1.54, 1.807) is 0 Å². The second-order valence-corrected chi connectivity index (χ2v) is 9.93. The molecule has 0 amide bonds. The molecule has 0 N–H and O–H groups in total. The summed E-state index contributed by atoms with van der Waals surface area (Å²) in [6, 6.07) is 41.7. The van der Waals surface area contributed by atoms with Crippen molar-refractivity contribution in [1.82, 2.24) is 4.40 Å². The number of benzene rings is 5. The van der Waals surface area contributed by atoms with Crippen LogP contribution >= 0.6 is 11.3 Å². The molecular weight excluding hydrogens is 668 g/mol. The molecule has 0 aliphatic carbocycles. The molecule has 0 aliphatic heterocycles. The summed E-state index contributed by atoms with van der Waals surface area (Å²) >= 11 is 1.87. The van der Waals surface area contributed by atoms with Gasteiger partial charge in [0.1, 0.15) is 0 Å². The number of hydrogen-bond acceptors (Lipinski definition) is 1. The van der Waals surface area contributed by atoms with Gasteiger partial charge in [-0.15, -0.1) is 23.5 Å². The van der Waals surface area contributed by atoms with E-state index in [1.165, 1.54) is 58.1 Å². The Kier molecular flexibility index (Phi) is 4.83. The minimum Gasteiger partial charge on any atom is -0.323 e. The summed E-state index contributed by atoms with van der Waals surface area (Å²) < 4.78 is 5.04. The van der Waals surface area contributed by atoms with E-state index in [0.29, 0.717) is 0 Å². The fourth-order valence-corrected chi connectivity index (χ4v) is 6.55. The van der Waals surface area contributed by atoms with Crippen molar-refractivity contribution in [2.45, 2.75) is 0 Å². The topological polar surface area (TPSA) is 4.41 Å². The molecular formula is C32H17NSU. The second-order valence-electron chi connectivity index (χ2n) is 8.85. The standard InChI is InChI=1S/C32H17NS.U/c1-2-8-20(9-3-1)21-14-15-25-26(16-21)27-18-31-28(24-12-6-7-13-30(24)34-31)17-29(27)33-19-22-10-4-5-11-23(22)32(25)33;/h1-8,10-13,15-19H;/q-2;+2. The molecule has 160 valence electrons. The monoisotopic (exact) mass is 685 g/mol. The number of fused-ring (bicyclic) bond motifs is 11. The van der Waals surface area contributed by atoms with Crippen molar-refractivity contribution in [1.29, 1.82) is 0 Å². The first-order valence-corrected chi connectivity index (χ1v) is 12.3. The van der Waals surface area contributed by atoms with Crippen molar-refractivity contribution in [3.8, 4) is 11.1 Å². The Hall–Kier alpha value is -3.09. The van der Waals surface area contributed by atoms with Gasteiger partial charge < -0.3 is 4.40 Å². The van der Waals surface area contributed by atoms with Gasteiger partial charge in [-0.25, -0.2) is 11.1 Å². The number of pyridine rings is 1. The van der Waals surface area contributed by atoms with Crippen LogP contribution in [0.2, 0.25) is 0 Å². The number of hydrogen-bond donors (Lipinski definition) is 0. The SMILES string of the molecule is [U+2].[c-]1ccccc1-c1[c-]cc2c(c1)c1cc3sc4ccccc4c3cc1n1cc3ccccc3c21. The van der Waals surface area contributed by atoms with Gasteiger partial charge in [-0.1, -0.05) is 53.2 Å². The molecule has 5 aromatic carbocycles. The van der Waals surface area contributed by atoms with Crippen molar-refractivity contribution in [2.24, 2.45) is 0 Å². The number of rotatable bonds is 1. The van der Waals surface area contributed by atoms with Crippen LogP contribution in [-0.2, 0) is 0 Å². The van der Waals surface area contributed by atoms with Gasteiger partial charge in [-0.3, -0.25) is 0 Å². The Labute approximate surface area is 230 Å². The van der Waals surface area contributed by atoms with Crippen molar-refractivity contribution < 1.29 is 31.1 Å². The molecule has 0 bridgehead atoms. The fraction of sp³-hybridized carbons (Fsp3) is 0. The van der Waals surface area contributed by atoms with Gasteiger partial charge in [-0.2, -0.15) is 36.4 Å². The first kappa shape index (κ1) is 21.2. The van der Waals surface area contributed by atoms with Crippen molar-refractivity contribution >= 4 is 69.5 Å². The first-order valence-electron chi connectivity index (χ1n) is 11.4. The van der Waals surface area contributed by atoms with Gasteiger partial charge in [0.25, 0.3) is 0 Å². The molecule has 8 aromatic rings. The van der Waals surface area contributed by atoms with Crippen LogP contribution in [0.25, 0.3) is 69.3 Å². The van der Waals surface area contributed by atoms with E-state index in [9.17, 15) is 0 Å². The number of aromatic nitrogens is 1. The zero-order valence-corrected chi connectivity index (χ0v) is 23.7. The quantitative estimate of drug-likeness (QED) is 0.120. The molecule has 0 saturated heterocycles. The van der Waals surface area contributed by atoms with E-state index in [-0.39, 0.29) is 31.1 Å². The van der Waals surface area contributed by atoms with E-state index in [2.05, 4.69) is 108 Å². The summed E-state index contributed by atoms with van der Waals surface area (Å²) in [6.07, 6.45) is 2.28. The number of thiophene rings is 1. The Morgan fingerprint density at radius 2 is 1.43 bits per heavy atom. The van der Waals surface area contributed by atoms with Crippen molar-refractivity contribution in [3.05, 3.63) is 115 Å². The molecule has 3 heterocycles. The molecule has 0 atom stereocenters. The van der Waals surface area contributed by atoms with Gasteiger partial charge in [0.15, 0.2) is 0 Å². The second kappa shape index (κ2) is 7.97. The minimum atomic E-state index is 0. The average molecular weight is 686 g/mol. The molecule has 0 radical (unpaired) electrons. The van der Waals surface area contributed by atoms with E-state index in [4.69, 9.17) is 0 Å². The molecule has 0 spiro atoms. The molecule has 35 heavy (non-hydrogen) atoms. The summed E-state index contributed by atoms with van der Waals surface area (Å²) in [6.45, 7) is 0. The van der Waals surface area contributed by atoms with Crippen molar-refractivity contribution in [3.63, 3.8) is 0 Å². The molecule has 0 saturated carbocycles. The predicted molar refractivity (Wildman–Crippen MR) is 146 cm³/mol. The Bertz CT molecular complexity index is 2060. The maximum absolute atomic E-state index is 3.56. The van der Waals surface area contributed by atoms with Gasteiger partial charge in [0.2, 0.25) is 0 Å². The van der Waals surface area contributed by atoms with E-state index in [1.807, 2.05) is 23.5 Å². The molecule has 1 nitrogen and oxygen atoms in total. The van der Waals surface area contributed by atoms with Crippen LogP contribution in [0, 0.1) is 43.2 Å². The maximum atomic E-state index is 3.56. The zero-order chi connectivity index (χ0) is 22.2. The van der Waals surface area contributed by atoms with Crippen LogP contribution in [-0.4, -0.2) is 4.40 Å². The molecule has 8 rings (SSSR count). The first-order chi connectivity index (χ1) is 16.8. The molecule has 0 fully saturated rings. The largest absolute Gasteiger partial charge is 2.00 e. The Morgan fingerprint density at radius 3 is 2.31 bits per heavy atom. The Morgan fingerprint density at radius 1 is 0.600 bits per heavy atom. The van der Waals surface area contributed by atoms with Crippen LogP contribution in [0.5, 0.6) is 0 Å². The van der Waals surface area contributed by atoms with Crippen molar-refractivity contribution in [2.75, 3.05) is 0 Å². The normalized spacial score (nSPS) is 11.8. The van der Waals surface area contributed by atoms with Crippen LogP contribution < -0.4 is 0 Å². The zero-order valence-electron chi connectivity index (χ0n) is 18.7. The summed E-state index contributed by atoms with van der Waals surface area (Å²) in [4.78, 5) is 0. The van der Waals surface area contributed by atoms with Crippen LogP contribution in [0.4, 0.5) is 0 Å². The van der Waals surface area contributed by atoms with Crippen LogP contribution in [0.3, 0.4) is 0 Å². The maximum Gasteiger partial charge on any atom is 2.00 e. The van der Waals surface area contributed by atoms with E-state index < -0.39 is 0 Å².